The lowest BCUT2D eigenvalue weighted by molar-refractivity contribution is -0.124. The average molecular weight is 197 g/mol. The van der Waals surface area contributed by atoms with E-state index >= 15 is 0 Å². The van der Waals surface area contributed by atoms with Crippen molar-refractivity contribution in [2.75, 3.05) is 13.1 Å². The van der Waals surface area contributed by atoms with Gasteiger partial charge in [-0.1, -0.05) is 0 Å². The van der Waals surface area contributed by atoms with Crippen molar-refractivity contribution in [3.63, 3.8) is 0 Å². The summed E-state index contributed by atoms with van der Waals surface area (Å²) in [7, 11) is 0. The van der Waals surface area contributed by atoms with Crippen molar-refractivity contribution < 1.29 is 4.79 Å². The van der Waals surface area contributed by atoms with Gasteiger partial charge in [-0.15, -0.1) is 11.3 Å². The van der Waals surface area contributed by atoms with E-state index in [-0.39, 0.29) is 11.9 Å². The Hall–Kier alpha value is -0.940. The molecule has 1 amide bonds. The summed E-state index contributed by atoms with van der Waals surface area (Å²) in [6.07, 6.45) is 0. The molecule has 0 aliphatic carbocycles. The number of nitrogens with zero attached hydrogens (tertiary/aromatic N) is 1. The lowest BCUT2D eigenvalue weighted by Crippen LogP contribution is -2.47. The molecule has 70 valence electrons. The van der Waals surface area contributed by atoms with Gasteiger partial charge in [0.05, 0.1) is 10.7 Å². The summed E-state index contributed by atoms with van der Waals surface area (Å²) in [4.78, 5) is 15.7. The zero-order chi connectivity index (χ0) is 9.26. The predicted octanol–water partition coefficient (Wildman–Crippen LogP) is 0.212. The van der Waals surface area contributed by atoms with Gasteiger partial charge in [0.15, 0.2) is 0 Å². The van der Waals surface area contributed by atoms with E-state index in [1.54, 1.807) is 11.3 Å². The summed E-state index contributed by atoms with van der Waals surface area (Å²) in [5.41, 5.74) is 0.833. The van der Waals surface area contributed by atoms with Crippen LogP contribution < -0.4 is 10.6 Å². The molecule has 0 spiro atoms. The van der Waals surface area contributed by atoms with Crippen LogP contribution in [0.4, 0.5) is 0 Å². The fraction of sp³-hybridized carbons (Fsp3) is 0.500. The second kappa shape index (κ2) is 3.43. The zero-order valence-electron chi connectivity index (χ0n) is 7.33. The molecular weight excluding hydrogens is 186 g/mol. The smallest absolute Gasteiger partial charge is 0.243 e. The molecule has 0 bridgehead atoms. The van der Waals surface area contributed by atoms with Gasteiger partial charge in [-0.05, 0) is 6.92 Å². The maximum absolute atomic E-state index is 11.4. The van der Waals surface area contributed by atoms with Gasteiger partial charge >= 0.3 is 0 Å². The molecule has 1 aromatic heterocycles. The molecule has 1 aliphatic rings. The maximum atomic E-state index is 11.4. The van der Waals surface area contributed by atoms with Crippen LogP contribution in [0.25, 0.3) is 0 Å². The highest BCUT2D eigenvalue weighted by molar-refractivity contribution is 7.09. The van der Waals surface area contributed by atoms with Gasteiger partial charge in [0.2, 0.25) is 5.91 Å². The van der Waals surface area contributed by atoms with E-state index in [4.69, 9.17) is 0 Å². The van der Waals surface area contributed by atoms with Crippen molar-refractivity contribution in [1.82, 2.24) is 15.6 Å². The number of aryl methyl sites for hydroxylation is 1. The fourth-order valence-electron chi connectivity index (χ4n) is 1.35. The first-order valence-corrected chi connectivity index (χ1v) is 5.08. The summed E-state index contributed by atoms with van der Waals surface area (Å²) >= 11 is 1.57. The quantitative estimate of drug-likeness (QED) is 0.677. The summed E-state index contributed by atoms with van der Waals surface area (Å²) < 4.78 is 0. The Morgan fingerprint density at radius 2 is 2.46 bits per heavy atom. The van der Waals surface area contributed by atoms with Crippen molar-refractivity contribution in [2.45, 2.75) is 13.0 Å². The third-order valence-electron chi connectivity index (χ3n) is 1.97. The van der Waals surface area contributed by atoms with Gasteiger partial charge in [0, 0.05) is 18.5 Å². The van der Waals surface area contributed by atoms with Crippen LogP contribution in [-0.4, -0.2) is 24.0 Å². The number of piperazine rings is 1. The Kier molecular flexibility index (Phi) is 2.28. The molecule has 1 fully saturated rings. The topological polar surface area (TPSA) is 54.0 Å². The second-order valence-corrected chi connectivity index (χ2v) is 4.03. The first-order chi connectivity index (χ1) is 6.27. The largest absolute Gasteiger partial charge is 0.353 e. The number of rotatable bonds is 1. The average Bonchev–Trinajstić information content (AvgIpc) is 2.53. The molecule has 1 aromatic rings. The van der Waals surface area contributed by atoms with Crippen LogP contribution in [0.1, 0.15) is 16.7 Å². The first kappa shape index (κ1) is 8.65. The molecule has 1 unspecified atom stereocenters. The number of thiazole rings is 1. The van der Waals surface area contributed by atoms with E-state index in [0.717, 1.165) is 17.2 Å². The maximum Gasteiger partial charge on any atom is 0.243 e. The molecule has 1 aliphatic heterocycles. The van der Waals surface area contributed by atoms with Gasteiger partial charge in [-0.3, -0.25) is 10.1 Å². The van der Waals surface area contributed by atoms with Crippen molar-refractivity contribution in [3.8, 4) is 0 Å². The Morgan fingerprint density at radius 3 is 3.08 bits per heavy atom. The number of hydrogen-bond acceptors (Lipinski definition) is 4. The van der Waals surface area contributed by atoms with Gasteiger partial charge in [-0.2, -0.15) is 0 Å². The molecule has 2 rings (SSSR count). The minimum Gasteiger partial charge on any atom is -0.353 e. The van der Waals surface area contributed by atoms with Crippen LogP contribution in [0, 0.1) is 6.92 Å². The zero-order valence-corrected chi connectivity index (χ0v) is 8.15. The van der Waals surface area contributed by atoms with Crippen LogP contribution in [0.2, 0.25) is 0 Å². The number of aromatic nitrogens is 1. The van der Waals surface area contributed by atoms with Crippen molar-refractivity contribution in [2.24, 2.45) is 0 Å². The molecule has 13 heavy (non-hydrogen) atoms. The van der Waals surface area contributed by atoms with Crippen LogP contribution in [0.5, 0.6) is 0 Å². The predicted molar refractivity (Wildman–Crippen MR) is 50.6 cm³/mol. The Balaban J connectivity index is 2.19. The normalized spacial score (nSPS) is 22.8. The van der Waals surface area contributed by atoms with Crippen LogP contribution in [0.15, 0.2) is 5.38 Å². The standard InChI is InChI=1S/C8H11N3OS/c1-5-11-6(4-13-5)7-8(12)10-3-2-9-7/h4,7,9H,2-3H2,1H3,(H,10,12). The number of amides is 1. The van der Waals surface area contributed by atoms with Crippen molar-refractivity contribution >= 4 is 17.2 Å². The molecule has 0 aromatic carbocycles. The van der Waals surface area contributed by atoms with E-state index in [0.29, 0.717) is 6.54 Å². The second-order valence-electron chi connectivity index (χ2n) is 2.97. The minimum atomic E-state index is -0.251. The van der Waals surface area contributed by atoms with E-state index in [9.17, 15) is 4.79 Å². The summed E-state index contributed by atoms with van der Waals surface area (Å²) in [5, 5.41) is 8.86. The summed E-state index contributed by atoms with van der Waals surface area (Å²) in [6, 6.07) is -0.251. The van der Waals surface area contributed by atoms with Crippen LogP contribution in [-0.2, 0) is 4.79 Å². The highest BCUT2D eigenvalue weighted by Crippen LogP contribution is 2.17. The summed E-state index contributed by atoms with van der Waals surface area (Å²) in [5.74, 6) is 0.0246. The van der Waals surface area contributed by atoms with E-state index in [1.807, 2.05) is 12.3 Å². The molecule has 0 saturated carbocycles. The Labute approximate surface area is 80.4 Å². The van der Waals surface area contributed by atoms with Gasteiger partial charge in [0.25, 0.3) is 0 Å². The first-order valence-electron chi connectivity index (χ1n) is 4.20. The number of nitrogens with one attached hydrogen (secondary N) is 2. The minimum absolute atomic E-state index is 0.0246. The van der Waals surface area contributed by atoms with Crippen molar-refractivity contribution in [1.29, 1.82) is 0 Å². The molecule has 2 N–H and O–H groups in total. The van der Waals surface area contributed by atoms with Gasteiger partial charge in [-0.25, -0.2) is 4.98 Å². The molecule has 4 nitrogen and oxygen atoms in total. The molecule has 1 atom stereocenters. The highest BCUT2D eigenvalue weighted by atomic mass is 32.1. The fourth-order valence-corrected chi connectivity index (χ4v) is 1.99. The number of hydrogen-bond donors (Lipinski definition) is 2. The summed E-state index contributed by atoms with van der Waals surface area (Å²) in [6.45, 7) is 3.46. The number of carbonyl (C=O) groups is 1. The highest BCUT2D eigenvalue weighted by Gasteiger charge is 2.24. The molecule has 5 heteroatoms. The molecular formula is C8H11N3OS. The molecule has 0 radical (unpaired) electrons. The van der Waals surface area contributed by atoms with E-state index in [1.165, 1.54) is 0 Å². The lowest BCUT2D eigenvalue weighted by atomic mass is 10.2. The third-order valence-corrected chi connectivity index (χ3v) is 2.76. The van der Waals surface area contributed by atoms with Crippen molar-refractivity contribution in [3.05, 3.63) is 16.1 Å². The van der Waals surface area contributed by atoms with E-state index < -0.39 is 0 Å². The van der Waals surface area contributed by atoms with Crippen LogP contribution >= 0.6 is 11.3 Å². The van der Waals surface area contributed by atoms with Crippen LogP contribution in [0.3, 0.4) is 0 Å². The van der Waals surface area contributed by atoms with Gasteiger partial charge in [0.1, 0.15) is 6.04 Å². The number of carbonyl (C=O) groups excluding carboxylic acids is 1. The Bertz CT molecular complexity index is 323. The third kappa shape index (κ3) is 1.71. The Morgan fingerprint density at radius 1 is 1.62 bits per heavy atom. The van der Waals surface area contributed by atoms with E-state index in [2.05, 4.69) is 15.6 Å². The molecule has 1 saturated heterocycles. The lowest BCUT2D eigenvalue weighted by Gasteiger charge is -2.21. The molecule has 2 heterocycles. The monoisotopic (exact) mass is 197 g/mol. The SMILES string of the molecule is Cc1nc(C2NCCNC2=O)cs1. The van der Waals surface area contributed by atoms with Gasteiger partial charge < -0.3 is 5.32 Å².